The third kappa shape index (κ3) is 4.48. The number of fused-ring (bicyclic) bond motifs is 2. The SMILES string of the molecule is CC(F)(F)Oc1cccc(NC(=O)c2ccc3c(c2)N(Cc2cnc4cnccn24)CC3)c1. The predicted octanol–water partition coefficient (Wildman–Crippen LogP) is 4.54. The highest BCUT2D eigenvalue weighted by Gasteiger charge is 2.24. The van der Waals surface area contributed by atoms with E-state index >= 15 is 0 Å². The van der Waals surface area contributed by atoms with E-state index in [0.29, 0.717) is 24.7 Å². The number of ether oxygens (including phenoxy) is 1. The van der Waals surface area contributed by atoms with Crippen molar-refractivity contribution in [1.29, 1.82) is 0 Å². The third-order valence-electron chi connectivity index (χ3n) is 5.47. The summed E-state index contributed by atoms with van der Waals surface area (Å²) in [7, 11) is 0. The van der Waals surface area contributed by atoms with E-state index in [2.05, 4.69) is 24.9 Å². The van der Waals surface area contributed by atoms with Crippen LogP contribution in [0.4, 0.5) is 20.2 Å². The number of benzene rings is 2. The highest BCUT2D eigenvalue weighted by Crippen LogP contribution is 2.31. The molecule has 0 saturated heterocycles. The molecule has 0 saturated carbocycles. The fourth-order valence-corrected chi connectivity index (χ4v) is 4.01. The summed E-state index contributed by atoms with van der Waals surface area (Å²) in [4.78, 5) is 23.6. The van der Waals surface area contributed by atoms with E-state index in [1.165, 1.54) is 17.7 Å². The van der Waals surface area contributed by atoms with Gasteiger partial charge in [-0.15, -0.1) is 0 Å². The number of amides is 1. The quantitative estimate of drug-likeness (QED) is 0.468. The van der Waals surface area contributed by atoms with Crippen LogP contribution in [0.5, 0.6) is 5.75 Å². The van der Waals surface area contributed by atoms with Crippen LogP contribution in [0.15, 0.2) is 67.3 Å². The van der Waals surface area contributed by atoms with Crippen molar-refractivity contribution in [3.63, 3.8) is 0 Å². The van der Waals surface area contributed by atoms with Crippen molar-refractivity contribution >= 4 is 22.9 Å². The highest BCUT2D eigenvalue weighted by atomic mass is 19.3. The molecule has 0 aliphatic carbocycles. The van der Waals surface area contributed by atoms with Gasteiger partial charge in [0.05, 0.1) is 24.6 Å². The number of rotatable bonds is 6. The van der Waals surface area contributed by atoms with E-state index in [1.807, 2.05) is 28.9 Å². The number of nitrogens with one attached hydrogen (secondary N) is 1. The standard InChI is InChI=1S/C24H21F2N5O2/c1-24(25,26)33-20-4-2-3-18(12-20)29-23(32)17-6-5-16-7-9-30(21(16)11-17)15-19-13-28-22-14-27-8-10-31(19)22/h2-6,8,10-14H,7,9,15H2,1H3,(H,29,32). The molecule has 7 nitrogen and oxygen atoms in total. The van der Waals surface area contributed by atoms with Crippen molar-refractivity contribution in [2.45, 2.75) is 26.0 Å². The van der Waals surface area contributed by atoms with Gasteiger partial charge in [-0.25, -0.2) is 4.98 Å². The second kappa shape index (κ2) is 8.16. The van der Waals surface area contributed by atoms with Gasteiger partial charge in [0.15, 0.2) is 5.65 Å². The molecule has 168 valence electrons. The lowest BCUT2D eigenvalue weighted by atomic mass is 10.1. The van der Waals surface area contributed by atoms with Crippen LogP contribution < -0.4 is 15.0 Å². The monoisotopic (exact) mass is 449 g/mol. The Morgan fingerprint density at radius 2 is 2.09 bits per heavy atom. The summed E-state index contributed by atoms with van der Waals surface area (Å²) in [5, 5.41) is 2.76. The number of aromatic nitrogens is 3. The maximum atomic E-state index is 13.1. The normalized spacial score (nSPS) is 13.2. The molecule has 5 rings (SSSR count). The first kappa shape index (κ1) is 20.9. The van der Waals surface area contributed by atoms with E-state index < -0.39 is 6.11 Å². The van der Waals surface area contributed by atoms with Gasteiger partial charge >= 0.3 is 6.11 Å². The largest absolute Gasteiger partial charge is 0.433 e. The molecule has 1 N–H and O–H groups in total. The Balaban J connectivity index is 1.34. The molecule has 9 heteroatoms. The Morgan fingerprint density at radius 1 is 1.21 bits per heavy atom. The van der Waals surface area contributed by atoms with E-state index in [9.17, 15) is 13.6 Å². The zero-order valence-corrected chi connectivity index (χ0v) is 17.8. The summed E-state index contributed by atoms with van der Waals surface area (Å²) in [6, 6.07) is 11.6. The molecule has 0 atom stereocenters. The number of halogens is 2. The minimum absolute atomic E-state index is 0.0244. The van der Waals surface area contributed by atoms with Gasteiger partial charge in [0.2, 0.25) is 0 Å². The fraction of sp³-hybridized carbons (Fsp3) is 0.208. The smallest absolute Gasteiger partial charge is 0.394 e. The molecule has 3 heterocycles. The van der Waals surface area contributed by atoms with Crippen LogP contribution in [0.25, 0.3) is 5.65 Å². The molecule has 0 radical (unpaired) electrons. The second-order valence-electron chi connectivity index (χ2n) is 7.96. The fourth-order valence-electron chi connectivity index (χ4n) is 4.01. The molecule has 0 spiro atoms. The minimum Gasteiger partial charge on any atom is -0.433 e. The van der Waals surface area contributed by atoms with Crippen molar-refractivity contribution in [1.82, 2.24) is 14.4 Å². The molecular formula is C24H21F2N5O2. The lowest BCUT2D eigenvalue weighted by Crippen LogP contribution is -2.21. The van der Waals surface area contributed by atoms with Crippen molar-refractivity contribution in [2.75, 3.05) is 16.8 Å². The number of hydrogen-bond donors (Lipinski definition) is 1. The van der Waals surface area contributed by atoms with Gasteiger partial charge in [-0.1, -0.05) is 12.1 Å². The Morgan fingerprint density at radius 3 is 2.94 bits per heavy atom. The molecule has 2 aromatic carbocycles. The molecule has 1 aliphatic rings. The van der Waals surface area contributed by atoms with Crippen LogP contribution in [-0.2, 0) is 13.0 Å². The van der Waals surface area contributed by atoms with Crippen molar-refractivity contribution in [2.24, 2.45) is 0 Å². The Kier molecular flexibility index (Phi) is 5.16. The molecule has 0 unspecified atom stereocenters. The Hall–Kier alpha value is -4.01. The number of imidazole rings is 1. The summed E-state index contributed by atoms with van der Waals surface area (Å²) in [5.74, 6) is -0.352. The summed E-state index contributed by atoms with van der Waals surface area (Å²) >= 11 is 0. The highest BCUT2D eigenvalue weighted by molar-refractivity contribution is 6.05. The second-order valence-corrected chi connectivity index (χ2v) is 7.96. The molecule has 4 aromatic rings. The zero-order chi connectivity index (χ0) is 23.0. The van der Waals surface area contributed by atoms with Crippen LogP contribution in [0.1, 0.15) is 28.5 Å². The van der Waals surface area contributed by atoms with Gasteiger partial charge in [-0.05, 0) is 36.2 Å². The maximum absolute atomic E-state index is 13.1. The van der Waals surface area contributed by atoms with E-state index in [4.69, 9.17) is 0 Å². The zero-order valence-electron chi connectivity index (χ0n) is 17.8. The number of hydrogen-bond acceptors (Lipinski definition) is 5. The van der Waals surface area contributed by atoms with Gasteiger partial charge in [0, 0.05) is 48.9 Å². The van der Waals surface area contributed by atoms with Gasteiger partial charge in [-0.2, -0.15) is 8.78 Å². The van der Waals surface area contributed by atoms with Crippen LogP contribution in [-0.4, -0.2) is 32.9 Å². The predicted molar refractivity (Wildman–Crippen MR) is 120 cm³/mol. The molecular weight excluding hydrogens is 428 g/mol. The van der Waals surface area contributed by atoms with Gasteiger partial charge < -0.3 is 15.0 Å². The van der Waals surface area contributed by atoms with E-state index in [0.717, 1.165) is 30.0 Å². The Bertz CT molecular complexity index is 1330. The minimum atomic E-state index is -3.30. The summed E-state index contributed by atoms with van der Waals surface area (Å²) in [6.45, 7) is 2.15. The topological polar surface area (TPSA) is 71.8 Å². The Labute approximate surface area is 188 Å². The molecule has 0 fully saturated rings. The van der Waals surface area contributed by atoms with Crippen LogP contribution >= 0.6 is 0 Å². The first-order chi connectivity index (χ1) is 15.9. The first-order valence-corrected chi connectivity index (χ1v) is 10.5. The number of carbonyl (C=O) groups is 1. The average Bonchev–Trinajstić information content (AvgIpc) is 3.37. The molecule has 0 bridgehead atoms. The van der Waals surface area contributed by atoms with Gasteiger partial charge in [0.25, 0.3) is 5.91 Å². The van der Waals surface area contributed by atoms with Crippen molar-refractivity contribution < 1.29 is 18.3 Å². The number of nitrogens with zero attached hydrogens (tertiary/aromatic N) is 4. The summed E-state index contributed by atoms with van der Waals surface area (Å²) < 4.78 is 32.8. The van der Waals surface area contributed by atoms with Crippen LogP contribution in [0.2, 0.25) is 0 Å². The summed E-state index contributed by atoms with van der Waals surface area (Å²) in [6.07, 6.45) is 4.74. The van der Waals surface area contributed by atoms with Crippen LogP contribution in [0, 0.1) is 0 Å². The van der Waals surface area contributed by atoms with Gasteiger partial charge in [0.1, 0.15) is 5.75 Å². The van der Waals surface area contributed by atoms with Crippen molar-refractivity contribution in [3.8, 4) is 5.75 Å². The van der Waals surface area contributed by atoms with E-state index in [-0.39, 0.29) is 11.7 Å². The average molecular weight is 449 g/mol. The van der Waals surface area contributed by atoms with Crippen molar-refractivity contribution in [3.05, 3.63) is 84.1 Å². The first-order valence-electron chi connectivity index (χ1n) is 10.5. The lowest BCUT2D eigenvalue weighted by molar-refractivity contribution is -0.158. The molecule has 1 amide bonds. The third-order valence-corrected chi connectivity index (χ3v) is 5.47. The molecule has 33 heavy (non-hydrogen) atoms. The number of carbonyl (C=O) groups excluding carboxylic acids is 1. The molecule has 1 aliphatic heterocycles. The van der Waals surface area contributed by atoms with Gasteiger partial charge in [-0.3, -0.25) is 14.2 Å². The number of alkyl halides is 2. The number of anilines is 2. The lowest BCUT2D eigenvalue weighted by Gasteiger charge is -2.19. The molecule has 2 aromatic heterocycles. The summed E-state index contributed by atoms with van der Waals surface area (Å²) in [5.41, 5.74) is 4.83. The van der Waals surface area contributed by atoms with E-state index in [1.54, 1.807) is 30.6 Å². The van der Waals surface area contributed by atoms with Crippen LogP contribution in [0.3, 0.4) is 0 Å². The maximum Gasteiger partial charge on any atom is 0.394 e.